The first-order chi connectivity index (χ1) is 10.1. The fraction of sp³-hybridized carbons (Fsp3) is 0.0667. The average Bonchev–Trinajstić information content (AvgIpc) is 2.49. The van der Waals surface area contributed by atoms with Gasteiger partial charge in [-0.2, -0.15) is 0 Å². The molecular weight excluding hydrogens is 327 g/mol. The van der Waals surface area contributed by atoms with Gasteiger partial charge in [-0.25, -0.2) is 4.98 Å². The monoisotopic (exact) mass is 336 g/mol. The normalized spacial score (nSPS) is 11.0. The molecule has 0 saturated heterocycles. The number of thioether (sulfide) groups is 1. The lowest BCUT2D eigenvalue weighted by Gasteiger charge is -2.04. The number of nitrogens with one attached hydrogen (secondary N) is 1. The molecule has 21 heavy (non-hydrogen) atoms. The van der Waals surface area contributed by atoms with E-state index in [1.54, 1.807) is 12.1 Å². The third kappa shape index (κ3) is 3.23. The van der Waals surface area contributed by atoms with E-state index in [-0.39, 0.29) is 5.56 Å². The molecule has 106 valence electrons. The van der Waals surface area contributed by atoms with Crippen molar-refractivity contribution in [3.8, 4) is 0 Å². The molecule has 0 spiro atoms. The van der Waals surface area contributed by atoms with Gasteiger partial charge in [0.1, 0.15) is 0 Å². The molecule has 3 nitrogen and oxygen atoms in total. The number of nitrogens with zero attached hydrogens (tertiary/aromatic N) is 1. The maximum Gasteiger partial charge on any atom is 0.259 e. The Morgan fingerprint density at radius 1 is 1.10 bits per heavy atom. The van der Waals surface area contributed by atoms with E-state index >= 15 is 0 Å². The predicted octanol–water partition coefficient (Wildman–Crippen LogP) is 4.52. The van der Waals surface area contributed by atoms with E-state index in [1.165, 1.54) is 11.8 Å². The second kappa shape index (κ2) is 6.10. The molecule has 0 aliphatic carbocycles. The van der Waals surface area contributed by atoms with Gasteiger partial charge in [0.2, 0.25) is 0 Å². The van der Waals surface area contributed by atoms with Gasteiger partial charge < -0.3 is 4.98 Å². The van der Waals surface area contributed by atoms with E-state index in [9.17, 15) is 4.79 Å². The van der Waals surface area contributed by atoms with Crippen molar-refractivity contribution in [1.82, 2.24) is 9.97 Å². The summed E-state index contributed by atoms with van der Waals surface area (Å²) < 4.78 is 0. The van der Waals surface area contributed by atoms with Gasteiger partial charge in [0.25, 0.3) is 5.56 Å². The van der Waals surface area contributed by atoms with E-state index in [4.69, 9.17) is 23.2 Å². The number of para-hydroxylation sites is 1. The number of benzene rings is 2. The largest absolute Gasteiger partial charge is 0.301 e. The van der Waals surface area contributed by atoms with Crippen molar-refractivity contribution in [2.45, 2.75) is 10.9 Å². The van der Waals surface area contributed by atoms with Gasteiger partial charge in [0, 0.05) is 5.75 Å². The Kier molecular flexibility index (Phi) is 4.19. The molecule has 0 atom stereocenters. The Morgan fingerprint density at radius 3 is 2.71 bits per heavy atom. The molecule has 1 heterocycles. The molecular formula is C15H10Cl2N2OS. The Balaban J connectivity index is 1.85. The quantitative estimate of drug-likeness (QED) is 0.564. The van der Waals surface area contributed by atoms with Crippen LogP contribution in [0, 0.1) is 0 Å². The first-order valence-corrected chi connectivity index (χ1v) is 7.93. The maximum atomic E-state index is 12.0. The van der Waals surface area contributed by atoms with E-state index in [0.717, 1.165) is 5.56 Å². The molecule has 6 heteroatoms. The Labute approximate surface area is 135 Å². The van der Waals surface area contributed by atoms with Crippen LogP contribution in [0.25, 0.3) is 10.9 Å². The topological polar surface area (TPSA) is 45.8 Å². The Hall–Kier alpha value is -1.49. The number of hydrogen-bond donors (Lipinski definition) is 1. The van der Waals surface area contributed by atoms with Crippen LogP contribution in [0.2, 0.25) is 10.0 Å². The molecule has 1 aromatic heterocycles. The van der Waals surface area contributed by atoms with Crippen LogP contribution in [0.15, 0.2) is 52.4 Å². The highest BCUT2D eigenvalue weighted by Gasteiger charge is 2.05. The van der Waals surface area contributed by atoms with Crippen molar-refractivity contribution in [3.63, 3.8) is 0 Å². The summed E-state index contributed by atoms with van der Waals surface area (Å²) in [6, 6.07) is 12.7. The van der Waals surface area contributed by atoms with Crippen molar-refractivity contribution in [1.29, 1.82) is 0 Å². The van der Waals surface area contributed by atoms with E-state index in [2.05, 4.69) is 9.97 Å². The average molecular weight is 337 g/mol. The van der Waals surface area contributed by atoms with Crippen molar-refractivity contribution in [2.75, 3.05) is 0 Å². The zero-order chi connectivity index (χ0) is 14.8. The predicted molar refractivity (Wildman–Crippen MR) is 88.4 cm³/mol. The van der Waals surface area contributed by atoms with Crippen LogP contribution in [-0.4, -0.2) is 9.97 Å². The highest BCUT2D eigenvalue weighted by atomic mass is 35.5. The number of halogens is 2. The maximum absolute atomic E-state index is 12.0. The van der Waals surface area contributed by atoms with Crippen LogP contribution in [-0.2, 0) is 5.75 Å². The highest BCUT2D eigenvalue weighted by molar-refractivity contribution is 7.98. The SMILES string of the molecule is O=c1[nH]c(SCc2ccc(Cl)c(Cl)c2)nc2ccccc12. The number of fused-ring (bicyclic) bond motifs is 1. The fourth-order valence-corrected chi connectivity index (χ4v) is 3.05. The first kappa shape index (κ1) is 14.4. The molecule has 3 aromatic rings. The molecule has 0 unspecified atom stereocenters. The van der Waals surface area contributed by atoms with E-state index < -0.39 is 0 Å². The second-order valence-corrected chi connectivity index (χ2v) is 6.20. The third-order valence-corrected chi connectivity index (χ3v) is 4.63. The van der Waals surface area contributed by atoms with Crippen molar-refractivity contribution >= 4 is 45.9 Å². The number of aromatic amines is 1. The van der Waals surface area contributed by atoms with Gasteiger partial charge in [-0.1, -0.05) is 53.2 Å². The van der Waals surface area contributed by atoms with Crippen molar-refractivity contribution in [2.24, 2.45) is 0 Å². The number of H-pyrrole nitrogens is 1. The Morgan fingerprint density at radius 2 is 1.90 bits per heavy atom. The van der Waals surface area contributed by atoms with Crippen LogP contribution in [0.5, 0.6) is 0 Å². The Bertz CT molecular complexity index is 864. The minimum atomic E-state index is -0.128. The lowest BCUT2D eigenvalue weighted by molar-refractivity contribution is 0.973. The van der Waals surface area contributed by atoms with Gasteiger partial charge in [-0.15, -0.1) is 0 Å². The van der Waals surface area contributed by atoms with Crippen LogP contribution in [0.4, 0.5) is 0 Å². The zero-order valence-corrected chi connectivity index (χ0v) is 13.1. The molecule has 0 aliphatic heterocycles. The minimum absolute atomic E-state index is 0.128. The highest BCUT2D eigenvalue weighted by Crippen LogP contribution is 2.26. The summed E-state index contributed by atoms with van der Waals surface area (Å²) in [6.07, 6.45) is 0. The van der Waals surface area contributed by atoms with E-state index in [1.807, 2.05) is 30.3 Å². The van der Waals surface area contributed by atoms with Crippen LogP contribution < -0.4 is 5.56 Å². The van der Waals surface area contributed by atoms with Gasteiger partial charge in [0.15, 0.2) is 5.16 Å². The summed E-state index contributed by atoms with van der Waals surface area (Å²) in [6.45, 7) is 0. The summed E-state index contributed by atoms with van der Waals surface area (Å²) in [5.41, 5.74) is 1.58. The fourth-order valence-electron chi connectivity index (χ4n) is 1.91. The summed E-state index contributed by atoms with van der Waals surface area (Å²) in [4.78, 5) is 19.2. The third-order valence-electron chi connectivity index (χ3n) is 2.95. The summed E-state index contributed by atoms with van der Waals surface area (Å²) in [7, 11) is 0. The van der Waals surface area contributed by atoms with Gasteiger partial charge in [-0.05, 0) is 29.8 Å². The standard InChI is InChI=1S/C15H10Cl2N2OS/c16-11-6-5-9(7-12(11)17)8-21-15-18-13-4-2-1-3-10(13)14(20)19-15/h1-7H,8H2,(H,18,19,20). The minimum Gasteiger partial charge on any atom is -0.301 e. The van der Waals surface area contributed by atoms with Gasteiger partial charge in [-0.3, -0.25) is 4.79 Å². The smallest absolute Gasteiger partial charge is 0.259 e. The molecule has 1 N–H and O–H groups in total. The van der Waals surface area contributed by atoms with E-state index in [0.29, 0.717) is 31.9 Å². The molecule has 3 rings (SSSR count). The number of rotatable bonds is 3. The molecule has 2 aromatic carbocycles. The number of aromatic nitrogens is 2. The molecule has 0 radical (unpaired) electrons. The molecule has 0 bridgehead atoms. The number of hydrogen-bond acceptors (Lipinski definition) is 3. The second-order valence-electron chi connectivity index (χ2n) is 4.43. The summed E-state index contributed by atoms with van der Waals surface area (Å²) >= 11 is 13.3. The van der Waals surface area contributed by atoms with Crippen molar-refractivity contribution in [3.05, 3.63) is 68.4 Å². The molecule has 0 saturated carbocycles. The lowest BCUT2D eigenvalue weighted by Crippen LogP contribution is -2.08. The van der Waals surface area contributed by atoms with Crippen molar-refractivity contribution < 1.29 is 0 Å². The van der Waals surface area contributed by atoms with Gasteiger partial charge >= 0.3 is 0 Å². The lowest BCUT2D eigenvalue weighted by atomic mass is 10.2. The molecule has 0 aliphatic rings. The summed E-state index contributed by atoms with van der Waals surface area (Å²) in [5, 5.41) is 2.23. The summed E-state index contributed by atoms with van der Waals surface area (Å²) in [5.74, 6) is 0.651. The zero-order valence-electron chi connectivity index (χ0n) is 10.8. The van der Waals surface area contributed by atoms with Crippen LogP contribution >= 0.6 is 35.0 Å². The van der Waals surface area contributed by atoms with Gasteiger partial charge in [0.05, 0.1) is 20.9 Å². The van der Waals surface area contributed by atoms with Crippen LogP contribution in [0.3, 0.4) is 0 Å². The van der Waals surface area contributed by atoms with Crippen LogP contribution in [0.1, 0.15) is 5.56 Å². The molecule has 0 amide bonds. The first-order valence-electron chi connectivity index (χ1n) is 6.19. The molecule has 0 fully saturated rings.